The van der Waals surface area contributed by atoms with Gasteiger partial charge in [-0.05, 0) is 31.0 Å². The van der Waals surface area contributed by atoms with Crippen molar-refractivity contribution in [2.75, 3.05) is 18.9 Å². The minimum Gasteiger partial charge on any atom is -0.310 e. The molecule has 1 N–H and O–H groups in total. The second-order valence-corrected chi connectivity index (χ2v) is 7.85. The van der Waals surface area contributed by atoms with Crippen LogP contribution < -0.4 is 5.32 Å². The summed E-state index contributed by atoms with van der Waals surface area (Å²) in [4.78, 5) is 16.1. The number of aromatic nitrogens is 1. The highest BCUT2D eigenvalue weighted by atomic mass is 32.2. The van der Waals surface area contributed by atoms with Gasteiger partial charge in [0.2, 0.25) is 15.9 Å². The zero-order valence-electron chi connectivity index (χ0n) is 14.0. The molecule has 128 valence electrons. The smallest absolute Gasteiger partial charge is 0.240 e. The zero-order chi connectivity index (χ0) is 17.7. The molecule has 7 heteroatoms. The van der Waals surface area contributed by atoms with Crippen LogP contribution in [0.1, 0.15) is 16.7 Å². The first-order valence-corrected chi connectivity index (χ1v) is 9.09. The van der Waals surface area contributed by atoms with Crippen molar-refractivity contribution < 1.29 is 13.2 Å². The van der Waals surface area contributed by atoms with Crippen molar-refractivity contribution in [2.24, 2.45) is 0 Å². The van der Waals surface area contributed by atoms with Crippen LogP contribution in [-0.4, -0.2) is 37.2 Å². The molecule has 1 aromatic heterocycles. The van der Waals surface area contributed by atoms with Gasteiger partial charge in [-0.15, -0.1) is 0 Å². The van der Waals surface area contributed by atoms with E-state index in [1.54, 1.807) is 18.3 Å². The van der Waals surface area contributed by atoms with Crippen LogP contribution in [0.15, 0.2) is 42.6 Å². The molecule has 0 aliphatic heterocycles. The number of anilines is 1. The maximum atomic E-state index is 12.4. The molecule has 0 fully saturated rings. The number of pyridine rings is 1. The second kappa shape index (κ2) is 7.55. The summed E-state index contributed by atoms with van der Waals surface area (Å²) in [6.45, 7) is 3.54. The molecule has 2 aromatic rings. The van der Waals surface area contributed by atoms with E-state index in [0.717, 1.165) is 15.4 Å². The molecule has 24 heavy (non-hydrogen) atoms. The Hall–Kier alpha value is -2.25. The first kappa shape index (κ1) is 18.1. The topological polar surface area (TPSA) is 79.4 Å². The Balaban J connectivity index is 1.98. The Morgan fingerprint density at radius 1 is 1.17 bits per heavy atom. The number of hydrogen-bond acceptors (Lipinski definition) is 4. The predicted octanol–water partition coefficient (Wildman–Crippen LogP) is 2.10. The number of hydrogen-bond donors (Lipinski definition) is 1. The third-order valence-corrected chi connectivity index (χ3v) is 5.23. The third kappa shape index (κ3) is 5.14. The molecule has 1 amide bonds. The van der Waals surface area contributed by atoms with Crippen molar-refractivity contribution >= 4 is 21.7 Å². The van der Waals surface area contributed by atoms with Crippen LogP contribution in [-0.2, 0) is 20.6 Å². The molecule has 0 aliphatic rings. The Morgan fingerprint density at radius 3 is 2.54 bits per heavy atom. The monoisotopic (exact) mass is 347 g/mol. The number of benzene rings is 1. The third-order valence-electron chi connectivity index (χ3n) is 3.45. The Kier molecular flexibility index (Phi) is 5.69. The average molecular weight is 347 g/mol. The first-order chi connectivity index (χ1) is 11.3. The van der Waals surface area contributed by atoms with Gasteiger partial charge in [-0.3, -0.25) is 4.79 Å². The quantitative estimate of drug-likeness (QED) is 0.868. The molecule has 0 aliphatic carbocycles. The second-order valence-electron chi connectivity index (χ2n) is 5.77. The van der Waals surface area contributed by atoms with Crippen LogP contribution in [0.3, 0.4) is 0 Å². The lowest BCUT2D eigenvalue weighted by atomic mass is 10.2. The maximum absolute atomic E-state index is 12.4. The lowest BCUT2D eigenvalue weighted by Gasteiger charge is -2.17. The molecular formula is C17H21N3O3S. The fraction of sp³-hybridized carbons (Fsp3) is 0.294. The molecule has 0 radical (unpaired) electrons. The number of likely N-dealkylation sites (N-methyl/N-ethyl adjacent to an activating group) is 1. The van der Waals surface area contributed by atoms with Crippen molar-refractivity contribution in [2.45, 2.75) is 19.6 Å². The van der Waals surface area contributed by atoms with Gasteiger partial charge in [0, 0.05) is 13.2 Å². The zero-order valence-corrected chi connectivity index (χ0v) is 14.8. The van der Waals surface area contributed by atoms with Crippen LogP contribution >= 0.6 is 0 Å². The number of carbonyl (C=O) groups excluding carboxylic acids is 1. The van der Waals surface area contributed by atoms with Gasteiger partial charge < -0.3 is 5.32 Å². The normalized spacial score (nSPS) is 11.5. The van der Waals surface area contributed by atoms with Gasteiger partial charge in [-0.25, -0.2) is 13.4 Å². The van der Waals surface area contributed by atoms with Crippen molar-refractivity contribution in [3.05, 3.63) is 59.3 Å². The van der Waals surface area contributed by atoms with Gasteiger partial charge in [-0.1, -0.05) is 35.9 Å². The number of sulfonamides is 1. The van der Waals surface area contributed by atoms with Crippen molar-refractivity contribution in [3.63, 3.8) is 0 Å². The number of nitrogens with one attached hydrogen (secondary N) is 1. The van der Waals surface area contributed by atoms with Gasteiger partial charge in [-0.2, -0.15) is 4.31 Å². The molecule has 0 bridgehead atoms. The SMILES string of the molecule is Cc1ccc(NC(=O)CN(C)S(=O)(=O)Cc2cccc(C)c2)nc1. The lowest BCUT2D eigenvalue weighted by molar-refractivity contribution is -0.116. The van der Waals surface area contributed by atoms with Crippen LogP contribution in [0.5, 0.6) is 0 Å². The highest BCUT2D eigenvalue weighted by Crippen LogP contribution is 2.11. The van der Waals surface area contributed by atoms with E-state index in [9.17, 15) is 13.2 Å². The summed E-state index contributed by atoms with van der Waals surface area (Å²) < 4.78 is 25.8. The number of carbonyl (C=O) groups is 1. The predicted molar refractivity (Wildman–Crippen MR) is 94.0 cm³/mol. The Morgan fingerprint density at radius 2 is 1.92 bits per heavy atom. The molecule has 0 saturated heterocycles. The summed E-state index contributed by atoms with van der Waals surface area (Å²) in [7, 11) is -2.18. The van der Waals surface area contributed by atoms with E-state index in [2.05, 4.69) is 10.3 Å². The van der Waals surface area contributed by atoms with E-state index in [0.29, 0.717) is 11.4 Å². The molecule has 0 saturated carbocycles. The molecule has 2 rings (SSSR count). The van der Waals surface area contributed by atoms with Gasteiger partial charge in [0.25, 0.3) is 0 Å². The van der Waals surface area contributed by atoms with Crippen molar-refractivity contribution in [1.82, 2.24) is 9.29 Å². The van der Waals surface area contributed by atoms with Crippen LogP contribution in [0.4, 0.5) is 5.82 Å². The van der Waals surface area contributed by atoms with E-state index >= 15 is 0 Å². The van der Waals surface area contributed by atoms with Gasteiger partial charge >= 0.3 is 0 Å². The maximum Gasteiger partial charge on any atom is 0.240 e. The lowest BCUT2D eigenvalue weighted by Crippen LogP contribution is -2.35. The Labute approximate surface area is 142 Å². The highest BCUT2D eigenvalue weighted by Gasteiger charge is 2.21. The van der Waals surface area contributed by atoms with Crippen LogP contribution in [0.25, 0.3) is 0 Å². The molecule has 1 heterocycles. The summed E-state index contributed by atoms with van der Waals surface area (Å²) in [6.07, 6.45) is 1.63. The first-order valence-electron chi connectivity index (χ1n) is 7.48. The van der Waals surface area contributed by atoms with E-state index in [4.69, 9.17) is 0 Å². The minimum absolute atomic E-state index is 0.138. The van der Waals surface area contributed by atoms with E-state index in [1.165, 1.54) is 7.05 Å². The molecule has 0 unspecified atom stereocenters. The number of rotatable bonds is 6. The number of nitrogens with zero attached hydrogens (tertiary/aromatic N) is 2. The molecular weight excluding hydrogens is 326 g/mol. The van der Waals surface area contributed by atoms with E-state index in [-0.39, 0.29) is 12.3 Å². The standard InChI is InChI=1S/C17H21N3O3S/c1-13-5-4-6-15(9-13)12-24(22,23)20(3)11-17(21)19-16-8-7-14(2)10-18-16/h4-10H,11-12H2,1-3H3,(H,18,19,21). The fourth-order valence-corrected chi connectivity index (χ4v) is 3.28. The molecule has 6 nitrogen and oxygen atoms in total. The summed E-state index contributed by atoms with van der Waals surface area (Å²) in [6, 6.07) is 10.8. The molecule has 0 spiro atoms. The fourth-order valence-electron chi connectivity index (χ4n) is 2.15. The number of aryl methyl sites for hydroxylation is 2. The average Bonchev–Trinajstić information content (AvgIpc) is 2.49. The highest BCUT2D eigenvalue weighted by molar-refractivity contribution is 7.88. The van der Waals surface area contributed by atoms with Gasteiger partial charge in [0.1, 0.15) is 5.82 Å². The van der Waals surface area contributed by atoms with E-state index in [1.807, 2.05) is 38.1 Å². The molecule has 0 atom stereocenters. The van der Waals surface area contributed by atoms with E-state index < -0.39 is 15.9 Å². The van der Waals surface area contributed by atoms with Gasteiger partial charge in [0.05, 0.1) is 12.3 Å². The van der Waals surface area contributed by atoms with Crippen molar-refractivity contribution in [1.29, 1.82) is 0 Å². The van der Waals surface area contributed by atoms with Crippen molar-refractivity contribution in [3.8, 4) is 0 Å². The largest absolute Gasteiger partial charge is 0.310 e. The summed E-state index contributed by atoms with van der Waals surface area (Å²) in [5, 5.41) is 2.59. The molecule has 1 aromatic carbocycles. The Bertz CT molecular complexity index is 817. The minimum atomic E-state index is -3.57. The van der Waals surface area contributed by atoms with Crippen LogP contribution in [0.2, 0.25) is 0 Å². The summed E-state index contributed by atoms with van der Waals surface area (Å²) >= 11 is 0. The summed E-state index contributed by atoms with van der Waals surface area (Å²) in [5.74, 6) is -0.168. The summed E-state index contributed by atoms with van der Waals surface area (Å²) in [5.41, 5.74) is 2.67. The van der Waals surface area contributed by atoms with Gasteiger partial charge in [0.15, 0.2) is 0 Å². The number of amides is 1. The van der Waals surface area contributed by atoms with Crippen LogP contribution in [0, 0.1) is 13.8 Å².